The molecule has 98 valence electrons. The first-order valence-electron chi connectivity index (χ1n) is 7.24. The van der Waals surface area contributed by atoms with Crippen LogP contribution in [0, 0.1) is 5.92 Å². The van der Waals surface area contributed by atoms with E-state index >= 15 is 0 Å². The second-order valence-corrected chi connectivity index (χ2v) is 5.83. The predicted octanol–water partition coefficient (Wildman–Crippen LogP) is 2.87. The summed E-state index contributed by atoms with van der Waals surface area (Å²) in [6.07, 6.45) is 8.86. The van der Waals surface area contributed by atoms with E-state index in [2.05, 4.69) is 22.0 Å². The number of nitrogens with zero attached hydrogens (tertiary/aromatic N) is 2. The molecule has 1 aliphatic heterocycles. The van der Waals surface area contributed by atoms with Gasteiger partial charge in [0.05, 0.1) is 0 Å². The van der Waals surface area contributed by atoms with Crippen molar-refractivity contribution in [3.63, 3.8) is 0 Å². The summed E-state index contributed by atoms with van der Waals surface area (Å²) in [7, 11) is 0. The fourth-order valence-corrected chi connectivity index (χ4v) is 3.53. The summed E-state index contributed by atoms with van der Waals surface area (Å²) in [4.78, 5) is 7.14. The van der Waals surface area contributed by atoms with Crippen molar-refractivity contribution < 1.29 is 0 Å². The molecule has 3 heteroatoms. The minimum atomic E-state index is 0.0764. The lowest BCUT2D eigenvalue weighted by molar-refractivity contribution is 0.341. The van der Waals surface area contributed by atoms with E-state index in [1.807, 2.05) is 13.1 Å². The Bertz CT molecular complexity index is 399. The Hall–Kier alpha value is -1.09. The smallest absolute Gasteiger partial charge is 0.128 e. The zero-order chi connectivity index (χ0) is 12.5. The molecule has 0 amide bonds. The molecular formula is C15H23N3. The van der Waals surface area contributed by atoms with Crippen LogP contribution < -0.4 is 10.6 Å². The third kappa shape index (κ3) is 2.12. The van der Waals surface area contributed by atoms with Gasteiger partial charge in [0.2, 0.25) is 0 Å². The fourth-order valence-electron chi connectivity index (χ4n) is 3.53. The Kier molecular flexibility index (Phi) is 3.25. The Morgan fingerprint density at radius 1 is 1.28 bits per heavy atom. The third-order valence-electron chi connectivity index (χ3n) is 4.60. The van der Waals surface area contributed by atoms with Crippen molar-refractivity contribution >= 4 is 5.82 Å². The van der Waals surface area contributed by atoms with Gasteiger partial charge in [-0.25, -0.2) is 4.98 Å². The van der Waals surface area contributed by atoms with E-state index in [1.54, 1.807) is 0 Å². The van der Waals surface area contributed by atoms with Gasteiger partial charge in [-0.2, -0.15) is 0 Å². The summed E-state index contributed by atoms with van der Waals surface area (Å²) in [6, 6.07) is 5.10. The van der Waals surface area contributed by atoms with E-state index in [4.69, 9.17) is 5.73 Å². The van der Waals surface area contributed by atoms with Crippen molar-refractivity contribution in [2.24, 2.45) is 11.7 Å². The molecule has 1 aromatic rings. The molecule has 18 heavy (non-hydrogen) atoms. The van der Waals surface area contributed by atoms with Crippen LogP contribution in [0.15, 0.2) is 18.3 Å². The van der Waals surface area contributed by atoms with Gasteiger partial charge < -0.3 is 10.6 Å². The Labute approximate surface area is 109 Å². The first-order chi connectivity index (χ1) is 8.75. The fraction of sp³-hybridized carbons (Fsp3) is 0.667. The number of hydrogen-bond acceptors (Lipinski definition) is 3. The molecule has 0 bridgehead atoms. The van der Waals surface area contributed by atoms with Crippen molar-refractivity contribution in [3.8, 4) is 0 Å². The van der Waals surface area contributed by atoms with Gasteiger partial charge in [-0.05, 0) is 43.7 Å². The molecule has 0 aromatic carbocycles. The molecule has 3 atom stereocenters. The summed E-state index contributed by atoms with van der Waals surface area (Å²) in [6.45, 7) is 3.18. The quantitative estimate of drug-likeness (QED) is 0.871. The van der Waals surface area contributed by atoms with Crippen LogP contribution in [0.25, 0.3) is 0 Å². The average molecular weight is 245 g/mol. The highest BCUT2D eigenvalue weighted by Crippen LogP contribution is 2.38. The maximum atomic E-state index is 5.87. The average Bonchev–Trinajstić information content (AvgIpc) is 2.82. The van der Waals surface area contributed by atoms with Gasteiger partial charge in [0.1, 0.15) is 5.82 Å². The van der Waals surface area contributed by atoms with E-state index < -0.39 is 0 Å². The molecule has 2 fully saturated rings. The number of anilines is 1. The summed E-state index contributed by atoms with van der Waals surface area (Å²) < 4.78 is 0. The maximum absolute atomic E-state index is 5.87. The van der Waals surface area contributed by atoms with E-state index in [9.17, 15) is 0 Å². The number of pyridine rings is 1. The van der Waals surface area contributed by atoms with E-state index in [-0.39, 0.29) is 6.04 Å². The first-order valence-corrected chi connectivity index (χ1v) is 7.24. The number of hydrogen-bond donors (Lipinski definition) is 1. The van der Waals surface area contributed by atoms with E-state index in [0.29, 0.717) is 0 Å². The number of nitrogens with two attached hydrogens (primary N) is 1. The molecular weight excluding hydrogens is 222 g/mol. The molecule has 2 unspecified atom stereocenters. The molecule has 3 nitrogen and oxygen atoms in total. The third-order valence-corrected chi connectivity index (χ3v) is 4.60. The summed E-state index contributed by atoms with van der Waals surface area (Å²) in [5.41, 5.74) is 6.99. The van der Waals surface area contributed by atoms with E-state index in [0.717, 1.165) is 23.3 Å². The van der Waals surface area contributed by atoms with Gasteiger partial charge in [-0.15, -0.1) is 0 Å². The van der Waals surface area contributed by atoms with Gasteiger partial charge in [-0.3, -0.25) is 0 Å². The minimum absolute atomic E-state index is 0.0764. The number of rotatable bonds is 2. The molecule has 0 spiro atoms. The van der Waals surface area contributed by atoms with Crippen molar-refractivity contribution in [2.75, 3.05) is 11.4 Å². The van der Waals surface area contributed by atoms with Gasteiger partial charge in [0, 0.05) is 24.8 Å². The number of fused-ring (bicyclic) bond motifs is 1. The largest absolute Gasteiger partial charge is 0.353 e. The van der Waals surface area contributed by atoms with Gasteiger partial charge >= 0.3 is 0 Å². The zero-order valence-corrected chi connectivity index (χ0v) is 11.2. The van der Waals surface area contributed by atoms with Gasteiger partial charge in [-0.1, -0.05) is 18.9 Å². The van der Waals surface area contributed by atoms with Crippen LogP contribution in [0.5, 0.6) is 0 Å². The summed E-state index contributed by atoms with van der Waals surface area (Å²) in [5.74, 6) is 2.06. The van der Waals surface area contributed by atoms with Crippen LogP contribution >= 0.6 is 0 Å². The SMILES string of the molecule is C[C@H](N)c1ccc(N2CCC3CCCCC32)nc1. The van der Waals surface area contributed by atoms with Crippen molar-refractivity contribution in [3.05, 3.63) is 23.9 Å². The molecule has 1 aliphatic carbocycles. The van der Waals surface area contributed by atoms with E-state index in [1.165, 1.54) is 38.6 Å². The van der Waals surface area contributed by atoms with Crippen LogP contribution in [-0.2, 0) is 0 Å². The molecule has 0 radical (unpaired) electrons. The second-order valence-electron chi connectivity index (χ2n) is 5.83. The topological polar surface area (TPSA) is 42.1 Å². The molecule has 2 N–H and O–H groups in total. The first kappa shape index (κ1) is 12.0. The molecule has 1 saturated carbocycles. The monoisotopic (exact) mass is 245 g/mol. The Balaban J connectivity index is 1.78. The highest BCUT2D eigenvalue weighted by atomic mass is 15.2. The Morgan fingerprint density at radius 3 is 2.83 bits per heavy atom. The lowest BCUT2D eigenvalue weighted by atomic mass is 9.85. The van der Waals surface area contributed by atoms with Crippen molar-refractivity contribution in [1.29, 1.82) is 0 Å². The van der Waals surface area contributed by atoms with Crippen LogP contribution in [0.4, 0.5) is 5.82 Å². The molecule has 1 saturated heterocycles. The van der Waals surface area contributed by atoms with Crippen LogP contribution in [0.1, 0.15) is 50.6 Å². The van der Waals surface area contributed by atoms with Crippen LogP contribution in [0.2, 0.25) is 0 Å². The Morgan fingerprint density at radius 2 is 2.11 bits per heavy atom. The molecule has 1 aromatic heterocycles. The minimum Gasteiger partial charge on any atom is -0.353 e. The van der Waals surface area contributed by atoms with Gasteiger partial charge in [0.15, 0.2) is 0 Å². The van der Waals surface area contributed by atoms with Crippen LogP contribution in [0.3, 0.4) is 0 Å². The van der Waals surface area contributed by atoms with Gasteiger partial charge in [0.25, 0.3) is 0 Å². The number of aromatic nitrogens is 1. The highest BCUT2D eigenvalue weighted by Gasteiger charge is 2.36. The summed E-state index contributed by atoms with van der Waals surface area (Å²) in [5, 5.41) is 0. The van der Waals surface area contributed by atoms with Crippen molar-refractivity contribution in [2.45, 2.75) is 51.1 Å². The van der Waals surface area contributed by atoms with Crippen LogP contribution in [-0.4, -0.2) is 17.6 Å². The molecule has 2 heterocycles. The summed E-state index contributed by atoms with van der Waals surface area (Å²) >= 11 is 0. The maximum Gasteiger partial charge on any atom is 0.128 e. The molecule has 2 aliphatic rings. The molecule has 3 rings (SSSR count). The highest BCUT2D eigenvalue weighted by molar-refractivity contribution is 5.42. The lowest BCUT2D eigenvalue weighted by Gasteiger charge is -2.32. The van der Waals surface area contributed by atoms with Crippen molar-refractivity contribution in [1.82, 2.24) is 4.98 Å². The zero-order valence-electron chi connectivity index (χ0n) is 11.2. The lowest BCUT2D eigenvalue weighted by Crippen LogP contribution is -2.35. The predicted molar refractivity (Wildman–Crippen MR) is 74.5 cm³/mol. The normalized spacial score (nSPS) is 29.1. The standard InChI is InChI=1S/C15H23N3/c1-11(16)13-6-7-15(17-10-13)18-9-8-12-4-2-3-5-14(12)18/h6-7,10-12,14H,2-5,8-9,16H2,1H3/t11-,12?,14?/m0/s1. The second kappa shape index (κ2) is 4.88.